The van der Waals surface area contributed by atoms with E-state index in [0.717, 1.165) is 45.3 Å². The summed E-state index contributed by atoms with van der Waals surface area (Å²) in [6.45, 7) is 10.8. The van der Waals surface area contributed by atoms with Crippen molar-refractivity contribution >= 4 is 11.6 Å². The SMILES string of the molecule is Cc1ccc(C2CCN(CCC(=O)N3CCC(Oc4ccc([N+](=O)[O-])c(OCC(C)C)c4)CC3)CC2)cc1. The van der Waals surface area contributed by atoms with E-state index in [1.54, 1.807) is 12.1 Å². The Morgan fingerprint density at radius 3 is 2.34 bits per heavy atom. The maximum Gasteiger partial charge on any atom is 0.311 e. The van der Waals surface area contributed by atoms with Gasteiger partial charge in [0.15, 0.2) is 0 Å². The number of nitrogens with zero attached hydrogens (tertiary/aromatic N) is 3. The summed E-state index contributed by atoms with van der Waals surface area (Å²) in [5.41, 5.74) is 2.68. The first-order chi connectivity index (χ1) is 18.3. The van der Waals surface area contributed by atoms with Gasteiger partial charge < -0.3 is 19.3 Å². The monoisotopic (exact) mass is 523 g/mol. The number of likely N-dealkylation sites (tertiary alicyclic amines) is 2. The minimum Gasteiger partial charge on any atom is -0.490 e. The highest BCUT2D eigenvalue weighted by Crippen LogP contribution is 2.33. The van der Waals surface area contributed by atoms with E-state index in [-0.39, 0.29) is 29.4 Å². The van der Waals surface area contributed by atoms with E-state index in [9.17, 15) is 14.9 Å². The van der Waals surface area contributed by atoms with Gasteiger partial charge in [-0.15, -0.1) is 0 Å². The molecule has 0 aromatic heterocycles. The minimum atomic E-state index is -0.435. The number of benzene rings is 2. The molecule has 8 nitrogen and oxygen atoms in total. The van der Waals surface area contributed by atoms with E-state index >= 15 is 0 Å². The number of carbonyl (C=O) groups excluding carboxylic acids is 1. The number of carbonyl (C=O) groups is 1. The summed E-state index contributed by atoms with van der Waals surface area (Å²) in [4.78, 5) is 28.2. The van der Waals surface area contributed by atoms with Crippen molar-refractivity contribution in [2.75, 3.05) is 39.3 Å². The number of nitro benzene ring substituents is 1. The van der Waals surface area contributed by atoms with Gasteiger partial charge in [-0.2, -0.15) is 0 Å². The summed E-state index contributed by atoms with van der Waals surface area (Å²) in [7, 11) is 0. The number of ether oxygens (including phenoxy) is 2. The Morgan fingerprint density at radius 1 is 1.03 bits per heavy atom. The van der Waals surface area contributed by atoms with Crippen LogP contribution in [-0.2, 0) is 4.79 Å². The fourth-order valence-electron chi connectivity index (χ4n) is 5.25. The van der Waals surface area contributed by atoms with Crippen LogP contribution in [0.3, 0.4) is 0 Å². The van der Waals surface area contributed by atoms with Crippen molar-refractivity contribution in [3.8, 4) is 11.5 Å². The zero-order chi connectivity index (χ0) is 27.1. The van der Waals surface area contributed by atoms with Crippen LogP contribution in [-0.4, -0.2) is 66.1 Å². The summed E-state index contributed by atoms with van der Waals surface area (Å²) < 4.78 is 11.8. The third kappa shape index (κ3) is 7.69. The maximum atomic E-state index is 12.9. The van der Waals surface area contributed by atoms with Gasteiger partial charge in [0.05, 0.1) is 11.5 Å². The Kier molecular flexibility index (Phi) is 9.61. The molecule has 2 fully saturated rings. The van der Waals surface area contributed by atoms with Crippen molar-refractivity contribution in [2.45, 2.75) is 64.9 Å². The lowest BCUT2D eigenvalue weighted by molar-refractivity contribution is -0.385. The van der Waals surface area contributed by atoms with Crippen LogP contribution in [0.25, 0.3) is 0 Å². The van der Waals surface area contributed by atoms with Gasteiger partial charge >= 0.3 is 5.69 Å². The highest BCUT2D eigenvalue weighted by Gasteiger charge is 2.26. The van der Waals surface area contributed by atoms with Gasteiger partial charge in [-0.25, -0.2) is 0 Å². The molecule has 0 aliphatic carbocycles. The number of amides is 1. The van der Waals surface area contributed by atoms with Crippen LogP contribution in [0.1, 0.15) is 63.0 Å². The topological polar surface area (TPSA) is 85.2 Å². The third-order valence-electron chi connectivity index (χ3n) is 7.58. The molecule has 2 aliphatic heterocycles. The Morgan fingerprint density at radius 2 is 1.71 bits per heavy atom. The summed E-state index contributed by atoms with van der Waals surface area (Å²) in [5, 5.41) is 11.3. The van der Waals surface area contributed by atoms with Crippen LogP contribution in [0.4, 0.5) is 5.69 Å². The molecule has 2 aromatic carbocycles. The molecule has 38 heavy (non-hydrogen) atoms. The Bertz CT molecular complexity index is 1070. The number of piperidine rings is 2. The standard InChI is InChI=1S/C30H41N3O5/c1-22(2)21-37-29-20-27(8-9-28(29)33(35)36)38-26-12-18-32(19-13-26)30(34)14-17-31-15-10-25(11-16-31)24-6-4-23(3)5-7-24/h4-9,20,22,25-26H,10-19,21H2,1-3H3. The molecule has 2 saturated heterocycles. The average Bonchev–Trinajstić information content (AvgIpc) is 2.91. The molecular weight excluding hydrogens is 482 g/mol. The molecular formula is C30H41N3O5. The van der Waals surface area contributed by atoms with Gasteiger partial charge in [-0.1, -0.05) is 43.7 Å². The van der Waals surface area contributed by atoms with Crippen LogP contribution in [0.5, 0.6) is 11.5 Å². The molecule has 0 N–H and O–H groups in total. The van der Waals surface area contributed by atoms with Crippen molar-refractivity contribution in [3.63, 3.8) is 0 Å². The first-order valence-corrected chi connectivity index (χ1v) is 13.9. The summed E-state index contributed by atoms with van der Waals surface area (Å²) in [6, 6.07) is 13.6. The fourth-order valence-corrected chi connectivity index (χ4v) is 5.25. The largest absolute Gasteiger partial charge is 0.490 e. The lowest BCUT2D eigenvalue weighted by atomic mass is 9.89. The molecule has 0 bridgehead atoms. The molecule has 0 spiro atoms. The molecule has 8 heteroatoms. The van der Waals surface area contributed by atoms with E-state index in [0.29, 0.717) is 37.8 Å². The van der Waals surface area contributed by atoms with Crippen molar-refractivity contribution in [1.29, 1.82) is 0 Å². The normalized spacial score (nSPS) is 17.5. The van der Waals surface area contributed by atoms with Crippen LogP contribution in [0.2, 0.25) is 0 Å². The molecule has 206 valence electrons. The number of hydrogen-bond donors (Lipinski definition) is 0. The first kappa shape index (κ1) is 27.9. The fraction of sp³-hybridized carbons (Fsp3) is 0.567. The second-order valence-corrected chi connectivity index (χ2v) is 11.1. The molecule has 0 unspecified atom stereocenters. The lowest BCUT2D eigenvalue weighted by Gasteiger charge is -2.34. The summed E-state index contributed by atoms with van der Waals surface area (Å²) in [6.07, 6.45) is 4.30. The smallest absolute Gasteiger partial charge is 0.311 e. The van der Waals surface area contributed by atoms with Gasteiger partial charge in [-0.05, 0) is 56.3 Å². The van der Waals surface area contributed by atoms with Crippen LogP contribution >= 0.6 is 0 Å². The Hall–Kier alpha value is -3.13. The number of hydrogen-bond acceptors (Lipinski definition) is 6. The molecule has 0 saturated carbocycles. The Labute approximate surface area is 226 Å². The number of aryl methyl sites for hydroxylation is 1. The molecule has 0 atom stereocenters. The first-order valence-electron chi connectivity index (χ1n) is 13.9. The molecule has 2 aliphatic rings. The summed E-state index contributed by atoms with van der Waals surface area (Å²) >= 11 is 0. The zero-order valence-electron chi connectivity index (χ0n) is 22.9. The average molecular weight is 524 g/mol. The minimum absolute atomic E-state index is 0.0285. The van der Waals surface area contributed by atoms with Crippen molar-refractivity contribution in [1.82, 2.24) is 9.80 Å². The Balaban J connectivity index is 1.19. The predicted molar refractivity (Wildman–Crippen MR) is 148 cm³/mol. The van der Waals surface area contributed by atoms with Crippen LogP contribution < -0.4 is 9.47 Å². The highest BCUT2D eigenvalue weighted by molar-refractivity contribution is 5.76. The lowest BCUT2D eigenvalue weighted by Crippen LogP contribution is -2.43. The molecule has 1 amide bonds. The molecule has 2 heterocycles. The molecule has 0 radical (unpaired) electrons. The number of nitro groups is 1. The third-order valence-corrected chi connectivity index (χ3v) is 7.58. The van der Waals surface area contributed by atoms with Crippen LogP contribution in [0.15, 0.2) is 42.5 Å². The summed E-state index contributed by atoms with van der Waals surface area (Å²) in [5.74, 6) is 1.88. The zero-order valence-corrected chi connectivity index (χ0v) is 22.9. The van der Waals surface area contributed by atoms with Crippen molar-refractivity contribution in [3.05, 3.63) is 63.7 Å². The van der Waals surface area contributed by atoms with Gasteiger partial charge in [0, 0.05) is 51.0 Å². The highest BCUT2D eigenvalue weighted by atomic mass is 16.6. The van der Waals surface area contributed by atoms with E-state index < -0.39 is 4.92 Å². The molecule has 2 aromatic rings. The number of rotatable bonds is 10. The second-order valence-electron chi connectivity index (χ2n) is 11.1. The van der Waals surface area contributed by atoms with E-state index in [1.807, 2.05) is 18.7 Å². The van der Waals surface area contributed by atoms with Crippen LogP contribution in [0, 0.1) is 23.0 Å². The van der Waals surface area contributed by atoms with E-state index in [2.05, 4.69) is 36.1 Å². The quantitative estimate of drug-likeness (QED) is 0.299. The van der Waals surface area contributed by atoms with Crippen molar-refractivity contribution in [2.24, 2.45) is 5.92 Å². The van der Waals surface area contributed by atoms with Crippen molar-refractivity contribution < 1.29 is 19.2 Å². The van der Waals surface area contributed by atoms with Gasteiger partial charge in [0.25, 0.3) is 0 Å². The van der Waals surface area contributed by atoms with E-state index in [4.69, 9.17) is 9.47 Å². The van der Waals surface area contributed by atoms with Gasteiger partial charge in [0.2, 0.25) is 11.7 Å². The predicted octanol–water partition coefficient (Wildman–Crippen LogP) is 5.58. The molecule has 4 rings (SSSR count). The van der Waals surface area contributed by atoms with Gasteiger partial charge in [0.1, 0.15) is 11.9 Å². The van der Waals surface area contributed by atoms with Gasteiger partial charge in [-0.3, -0.25) is 14.9 Å². The maximum absolute atomic E-state index is 12.9. The van der Waals surface area contributed by atoms with E-state index in [1.165, 1.54) is 17.2 Å². The second kappa shape index (κ2) is 13.1.